The predicted octanol–water partition coefficient (Wildman–Crippen LogP) is 3.70. The van der Waals surface area contributed by atoms with Crippen LogP contribution in [-0.2, 0) is 6.54 Å². The molecule has 4 rings (SSSR count). The first-order valence-corrected chi connectivity index (χ1v) is 10.1. The molecule has 3 aromatic rings. The summed E-state index contributed by atoms with van der Waals surface area (Å²) in [6.07, 6.45) is 3.45. The fraction of sp³-hybridized carbons (Fsp3) is 0.278. The molecule has 26 heavy (non-hydrogen) atoms. The third-order valence-electron chi connectivity index (χ3n) is 4.35. The number of nitrogens with zero attached hydrogens (tertiary/aromatic N) is 2. The van der Waals surface area contributed by atoms with Gasteiger partial charge in [-0.05, 0) is 37.1 Å². The summed E-state index contributed by atoms with van der Waals surface area (Å²) in [6.45, 7) is 1.08. The van der Waals surface area contributed by atoms with Crippen molar-refractivity contribution < 1.29 is 14.0 Å². The van der Waals surface area contributed by atoms with Gasteiger partial charge in [0.25, 0.3) is 11.8 Å². The average Bonchev–Trinajstić information content (AvgIpc) is 3.45. The Balaban J connectivity index is 1.44. The van der Waals surface area contributed by atoms with Crippen LogP contribution in [0, 0.1) is 0 Å². The van der Waals surface area contributed by atoms with E-state index in [0.29, 0.717) is 22.9 Å². The fourth-order valence-electron chi connectivity index (χ4n) is 3.09. The molecule has 4 heterocycles. The van der Waals surface area contributed by atoms with Crippen LogP contribution in [0.3, 0.4) is 0 Å². The Labute approximate surface area is 158 Å². The summed E-state index contributed by atoms with van der Waals surface area (Å²) in [5, 5.41) is 4.63. The van der Waals surface area contributed by atoms with E-state index in [-0.39, 0.29) is 17.9 Å². The molecular formula is C18H17N3O3S2. The zero-order chi connectivity index (χ0) is 17.9. The highest BCUT2D eigenvalue weighted by Gasteiger charge is 2.32. The van der Waals surface area contributed by atoms with Crippen molar-refractivity contribution in [3.05, 3.63) is 62.6 Å². The lowest BCUT2D eigenvalue weighted by molar-refractivity contribution is 0.0732. The van der Waals surface area contributed by atoms with Crippen molar-refractivity contribution in [1.29, 1.82) is 0 Å². The summed E-state index contributed by atoms with van der Waals surface area (Å²) < 4.78 is 5.22. The van der Waals surface area contributed by atoms with Gasteiger partial charge in [0, 0.05) is 16.8 Å². The number of amides is 2. The molecule has 0 aromatic carbocycles. The Morgan fingerprint density at radius 3 is 3.04 bits per heavy atom. The van der Waals surface area contributed by atoms with Gasteiger partial charge < -0.3 is 14.6 Å². The van der Waals surface area contributed by atoms with Gasteiger partial charge in [-0.2, -0.15) is 0 Å². The molecule has 1 saturated heterocycles. The van der Waals surface area contributed by atoms with E-state index >= 15 is 0 Å². The van der Waals surface area contributed by atoms with Gasteiger partial charge in [0.15, 0.2) is 0 Å². The van der Waals surface area contributed by atoms with Gasteiger partial charge in [0.05, 0.1) is 29.2 Å². The van der Waals surface area contributed by atoms with Gasteiger partial charge in [-0.3, -0.25) is 9.59 Å². The number of furan rings is 1. The van der Waals surface area contributed by atoms with Crippen molar-refractivity contribution in [3.63, 3.8) is 0 Å². The number of carbonyl (C=O) groups is 2. The van der Waals surface area contributed by atoms with Crippen molar-refractivity contribution in [2.24, 2.45) is 0 Å². The highest BCUT2D eigenvalue weighted by molar-refractivity contribution is 7.14. The van der Waals surface area contributed by atoms with Crippen LogP contribution < -0.4 is 5.32 Å². The lowest BCUT2D eigenvalue weighted by Gasteiger charge is -2.23. The SMILES string of the molecule is O=C(NCc1ccco1)c1ccc(C2CCCN2C(=O)c2cscn2)s1. The minimum absolute atomic E-state index is 0.0147. The number of aromatic nitrogens is 1. The van der Waals surface area contributed by atoms with Gasteiger partial charge in [0.2, 0.25) is 0 Å². The predicted molar refractivity (Wildman–Crippen MR) is 99.3 cm³/mol. The number of hydrogen-bond donors (Lipinski definition) is 1. The van der Waals surface area contributed by atoms with Crippen molar-refractivity contribution in [2.75, 3.05) is 6.54 Å². The van der Waals surface area contributed by atoms with Gasteiger partial charge in [-0.25, -0.2) is 4.98 Å². The number of thiazole rings is 1. The Morgan fingerprint density at radius 2 is 2.27 bits per heavy atom. The summed E-state index contributed by atoms with van der Waals surface area (Å²) in [7, 11) is 0. The number of thiophene rings is 1. The van der Waals surface area contributed by atoms with Gasteiger partial charge >= 0.3 is 0 Å². The highest BCUT2D eigenvalue weighted by atomic mass is 32.1. The highest BCUT2D eigenvalue weighted by Crippen LogP contribution is 2.36. The molecule has 3 aromatic heterocycles. The van der Waals surface area contributed by atoms with Crippen LogP contribution in [0.5, 0.6) is 0 Å². The maximum atomic E-state index is 12.7. The van der Waals surface area contributed by atoms with Crippen LogP contribution >= 0.6 is 22.7 Å². The normalized spacial score (nSPS) is 16.8. The Hall–Kier alpha value is -2.45. The molecule has 0 radical (unpaired) electrons. The van der Waals surface area contributed by atoms with E-state index < -0.39 is 0 Å². The summed E-state index contributed by atoms with van der Waals surface area (Å²) >= 11 is 2.86. The number of nitrogens with one attached hydrogen (secondary N) is 1. The third-order valence-corrected chi connectivity index (χ3v) is 6.12. The second-order valence-corrected chi connectivity index (χ2v) is 7.83. The zero-order valence-electron chi connectivity index (χ0n) is 13.9. The van der Waals surface area contributed by atoms with E-state index in [1.807, 2.05) is 23.1 Å². The van der Waals surface area contributed by atoms with E-state index in [2.05, 4.69) is 10.3 Å². The molecule has 6 nitrogen and oxygen atoms in total. The van der Waals surface area contributed by atoms with Crippen LogP contribution in [0.4, 0.5) is 0 Å². The van der Waals surface area contributed by atoms with Crippen molar-refractivity contribution in [2.45, 2.75) is 25.4 Å². The fourth-order valence-corrected chi connectivity index (χ4v) is 4.69. The van der Waals surface area contributed by atoms with E-state index in [1.165, 1.54) is 22.7 Å². The molecule has 1 aliphatic heterocycles. The molecule has 1 aliphatic rings. The molecule has 0 aliphatic carbocycles. The standard InChI is InChI=1S/C18H17N3O3S2/c22-17(19-9-12-3-2-8-24-12)16-6-5-15(26-16)14-4-1-7-21(14)18(23)13-10-25-11-20-13/h2-3,5-6,8,10-11,14H,1,4,7,9H2,(H,19,22). The molecule has 134 valence electrons. The lowest BCUT2D eigenvalue weighted by Crippen LogP contribution is -2.30. The molecule has 0 bridgehead atoms. The molecule has 0 saturated carbocycles. The summed E-state index contributed by atoms with van der Waals surface area (Å²) in [4.78, 5) is 32.7. The Morgan fingerprint density at radius 1 is 1.35 bits per heavy atom. The van der Waals surface area contributed by atoms with Crippen LogP contribution in [0.2, 0.25) is 0 Å². The van der Waals surface area contributed by atoms with Crippen LogP contribution in [0.15, 0.2) is 45.8 Å². The number of hydrogen-bond acceptors (Lipinski definition) is 6. The summed E-state index contributed by atoms with van der Waals surface area (Å²) in [6, 6.07) is 7.39. The summed E-state index contributed by atoms with van der Waals surface area (Å²) in [5.74, 6) is 0.546. The minimum Gasteiger partial charge on any atom is -0.467 e. The third kappa shape index (κ3) is 3.42. The molecule has 1 fully saturated rings. The maximum absolute atomic E-state index is 12.7. The van der Waals surface area contributed by atoms with E-state index in [0.717, 1.165) is 24.3 Å². The molecule has 1 atom stereocenters. The monoisotopic (exact) mass is 387 g/mol. The van der Waals surface area contributed by atoms with Gasteiger partial charge in [0.1, 0.15) is 11.5 Å². The van der Waals surface area contributed by atoms with Crippen molar-refractivity contribution >= 4 is 34.5 Å². The average molecular weight is 387 g/mol. The van der Waals surface area contributed by atoms with Crippen molar-refractivity contribution in [1.82, 2.24) is 15.2 Å². The van der Waals surface area contributed by atoms with Crippen LogP contribution in [0.25, 0.3) is 0 Å². The van der Waals surface area contributed by atoms with E-state index in [1.54, 1.807) is 23.2 Å². The Bertz CT molecular complexity index is 887. The minimum atomic E-state index is -0.131. The smallest absolute Gasteiger partial charge is 0.273 e. The second kappa shape index (κ2) is 7.43. The van der Waals surface area contributed by atoms with E-state index in [9.17, 15) is 9.59 Å². The number of rotatable bonds is 5. The Kier molecular flexibility index (Phi) is 4.85. The second-order valence-electron chi connectivity index (χ2n) is 5.99. The van der Waals surface area contributed by atoms with E-state index in [4.69, 9.17) is 4.42 Å². The number of likely N-dealkylation sites (tertiary alicyclic amines) is 1. The van der Waals surface area contributed by atoms with Crippen molar-refractivity contribution in [3.8, 4) is 0 Å². The van der Waals surface area contributed by atoms with Gasteiger partial charge in [-0.15, -0.1) is 22.7 Å². The molecule has 1 unspecified atom stereocenters. The maximum Gasteiger partial charge on any atom is 0.273 e. The first kappa shape index (κ1) is 17.0. The molecule has 0 spiro atoms. The first-order chi connectivity index (χ1) is 12.7. The molecular weight excluding hydrogens is 370 g/mol. The lowest BCUT2D eigenvalue weighted by atomic mass is 10.2. The first-order valence-electron chi connectivity index (χ1n) is 8.32. The van der Waals surface area contributed by atoms with Crippen LogP contribution in [0.1, 0.15) is 49.7 Å². The largest absolute Gasteiger partial charge is 0.467 e. The molecule has 8 heteroatoms. The quantitative estimate of drug-likeness (QED) is 0.724. The topological polar surface area (TPSA) is 75.4 Å². The summed E-state index contributed by atoms with van der Waals surface area (Å²) in [5.41, 5.74) is 2.17. The zero-order valence-corrected chi connectivity index (χ0v) is 15.5. The van der Waals surface area contributed by atoms with Crippen LogP contribution in [-0.4, -0.2) is 28.2 Å². The molecule has 1 N–H and O–H groups in total. The molecule has 2 amide bonds. The van der Waals surface area contributed by atoms with Gasteiger partial charge in [-0.1, -0.05) is 0 Å². The number of carbonyl (C=O) groups excluding carboxylic acids is 2.